The number of thioether (sulfide) groups is 1. The van der Waals surface area contributed by atoms with Crippen LogP contribution in [0.3, 0.4) is 0 Å². The molecule has 0 fully saturated rings. The predicted molar refractivity (Wildman–Crippen MR) is 191 cm³/mol. The van der Waals surface area contributed by atoms with Gasteiger partial charge in [-0.2, -0.15) is 0 Å². The minimum atomic E-state index is -0.508. The molecule has 3 N–H and O–H groups in total. The molecule has 0 aliphatic heterocycles. The molecule has 1 unspecified atom stereocenters. The maximum absolute atomic E-state index is 13.4. The SMILES string of the molecule is O=C(Nc1ccc(SC(C(=O)Nc2ccc(I)cc2)c2ccccc2)cc1)/C(=C/c1cccc(Cl)c1)NC(=O)c1ccccc1. The molecule has 224 valence electrons. The minimum Gasteiger partial charge on any atom is -0.325 e. The maximum Gasteiger partial charge on any atom is 0.272 e. The van der Waals surface area contributed by atoms with Crippen molar-refractivity contribution >= 4 is 81.1 Å². The zero-order valence-corrected chi connectivity index (χ0v) is 27.5. The highest BCUT2D eigenvalue weighted by Gasteiger charge is 2.22. The number of rotatable bonds is 10. The van der Waals surface area contributed by atoms with Crippen LogP contribution >= 0.6 is 46.0 Å². The first-order valence-electron chi connectivity index (χ1n) is 13.9. The highest BCUT2D eigenvalue weighted by molar-refractivity contribution is 14.1. The van der Waals surface area contributed by atoms with E-state index in [9.17, 15) is 14.4 Å². The molecule has 0 radical (unpaired) electrons. The molecule has 5 rings (SSSR count). The van der Waals surface area contributed by atoms with Crippen LogP contribution in [-0.4, -0.2) is 17.7 Å². The average molecular weight is 744 g/mol. The Balaban J connectivity index is 1.32. The van der Waals surface area contributed by atoms with Crippen LogP contribution < -0.4 is 16.0 Å². The number of halogens is 2. The van der Waals surface area contributed by atoms with Gasteiger partial charge in [0.2, 0.25) is 5.91 Å². The van der Waals surface area contributed by atoms with Crippen molar-refractivity contribution in [3.05, 3.63) is 164 Å². The van der Waals surface area contributed by atoms with E-state index < -0.39 is 17.1 Å². The van der Waals surface area contributed by atoms with E-state index in [4.69, 9.17) is 11.6 Å². The van der Waals surface area contributed by atoms with E-state index in [1.165, 1.54) is 11.8 Å². The van der Waals surface area contributed by atoms with Crippen LogP contribution in [0.15, 0.2) is 144 Å². The number of carbonyl (C=O) groups is 3. The fraction of sp³-hybridized carbons (Fsp3) is 0.0278. The molecule has 5 aromatic rings. The molecule has 0 saturated heterocycles. The number of hydrogen-bond donors (Lipinski definition) is 3. The third-order valence-corrected chi connectivity index (χ3v) is 8.73. The molecule has 6 nitrogen and oxygen atoms in total. The van der Waals surface area contributed by atoms with E-state index in [-0.39, 0.29) is 11.6 Å². The first-order valence-corrected chi connectivity index (χ1v) is 16.2. The Hall–Kier alpha value is -4.38. The second-order valence-electron chi connectivity index (χ2n) is 9.82. The molecule has 45 heavy (non-hydrogen) atoms. The monoisotopic (exact) mass is 743 g/mol. The van der Waals surface area contributed by atoms with Crippen LogP contribution in [0.5, 0.6) is 0 Å². The van der Waals surface area contributed by atoms with Gasteiger partial charge in [-0.25, -0.2) is 0 Å². The molecule has 0 aliphatic carbocycles. The quantitative estimate of drug-likeness (QED) is 0.0759. The lowest BCUT2D eigenvalue weighted by molar-refractivity contribution is -0.116. The second kappa shape index (κ2) is 15.6. The molecule has 3 amide bonds. The van der Waals surface area contributed by atoms with Gasteiger partial charge in [-0.05, 0) is 113 Å². The summed E-state index contributed by atoms with van der Waals surface area (Å²) in [7, 11) is 0. The molecule has 1 atom stereocenters. The predicted octanol–water partition coefficient (Wildman–Crippen LogP) is 8.83. The molecule has 0 heterocycles. The van der Waals surface area contributed by atoms with Crippen molar-refractivity contribution < 1.29 is 14.4 Å². The van der Waals surface area contributed by atoms with Gasteiger partial charge in [-0.15, -0.1) is 11.8 Å². The zero-order valence-electron chi connectivity index (χ0n) is 23.7. The van der Waals surface area contributed by atoms with Crippen LogP contribution in [0.1, 0.15) is 26.7 Å². The number of carbonyl (C=O) groups excluding carboxylic acids is 3. The van der Waals surface area contributed by atoms with Crippen molar-refractivity contribution in [3.8, 4) is 0 Å². The average Bonchev–Trinajstić information content (AvgIpc) is 3.06. The molecule has 0 saturated carbocycles. The van der Waals surface area contributed by atoms with Gasteiger partial charge in [-0.3, -0.25) is 14.4 Å². The van der Waals surface area contributed by atoms with E-state index in [1.807, 2.05) is 72.8 Å². The lowest BCUT2D eigenvalue weighted by Gasteiger charge is -2.17. The van der Waals surface area contributed by atoms with Crippen molar-refractivity contribution in [2.45, 2.75) is 10.1 Å². The molecule has 0 bridgehead atoms. The summed E-state index contributed by atoms with van der Waals surface area (Å²) in [5.74, 6) is -1.06. The van der Waals surface area contributed by atoms with E-state index >= 15 is 0 Å². The number of nitrogens with one attached hydrogen (secondary N) is 3. The molecule has 0 aromatic heterocycles. The maximum atomic E-state index is 13.4. The summed E-state index contributed by atoms with van der Waals surface area (Å²) in [6, 6.07) is 40.1. The minimum absolute atomic E-state index is 0.0565. The second-order valence-corrected chi connectivity index (χ2v) is 12.7. The van der Waals surface area contributed by atoms with Crippen molar-refractivity contribution in [3.63, 3.8) is 0 Å². The van der Waals surface area contributed by atoms with E-state index in [2.05, 4.69) is 38.5 Å². The fourth-order valence-corrected chi connectivity index (χ4v) is 5.88. The lowest BCUT2D eigenvalue weighted by atomic mass is 10.1. The van der Waals surface area contributed by atoms with Gasteiger partial charge in [-0.1, -0.05) is 72.3 Å². The van der Waals surface area contributed by atoms with Gasteiger partial charge in [0.05, 0.1) is 0 Å². The standard InChI is InChI=1S/C36H27ClIN3O3S/c37-27-13-7-8-24(22-27)23-32(41-34(42)26-11-5-2-6-12-26)35(43)39-30-18-20-31(21-19-30)45-33(25-9-3-1-4-10-25)36(44)40-29-16-14-28(38)15-17-29/h1-23,33H,(H,39,43)(H,40,44)(H,41,42)/b32-23-. The summed E-state index contributed by atoms with van der Waals surface area (Å²) in [6.45, 7) is 0. The Labute approximate surface area is 284 Å². The molecule has 0 aliphatic rings. The molecule has 9 heteroatoms. The van der Waals surface area contributed by atoms with Gasteiger partial charge in [0.25, 0.3) is 11.8 Å². The van der Waals surface area contributed by atoms with Crippen molar-refractivity contribution in [2.24, 2.45) is 0 Å². The summed E-state index contributed by atoms with van der Waals surface area (Å²) in [6.07, 6.45) is 1.57. The first-order chi connectivity index (χ1) is 21.8. The Morgan fingerprint density at radius 3 is 2.00 bits per heavy atom. The summed E-state index contributed by atoms with van der Waals surface area (Å²) in [4.78, 5) is 40.6. The number of hydrogen-bond acceptors (Lipinski definition) is 4. The van der Waals surface area contributed by atoms with Crippen LogP contribution in [-0.2, 0) is 9.59 Å². The van der Waals surface area contributed by atoms with Crippen molar-refractivity contribution in [1.29, 1.82) is 0 Å². The normalized spacial score (nSPS) is 11.7. The van der Waals surface area contributed by atoms with Gasteiger partial charge in [0, 0.05) is 30.4 Å². The van der Waals surface area contributed by atoms with Crippen molar-refractivity contribution in [1.82, 2.24) is 5.32 Å². The fourth-order valence-electron chi connectivity index (χ4n) is 4.30. The third kappa shape index (κ3) is 9.31. The Kier molecular flexibility index (Phi) is 11.1. The molecular formula is C36H27ClIN3O3S. The largest absolute Gasteiger partial charge is 0.325 e. The summed E-state index contributed by atoms with van der Waals surface area (Å²) >= 11 is 9.78. The third-order valence-electron chi connectivity index (χ3n) is 6.51. The van der Waals surface area contributed by atoms with Gasteiger partial charge in [0.1, 0.15) is 10.9 Å². The van der Waals surface area contributed by atoms with Gasteiger partial charge >= 0.3 is 0 Å². The first kappa shape index (κ1) is 32.0. The summed E-state index contributed by atoms with van der Waals surface area (Å²) < 4.78 is 1.08. The smallest absolute Gasteiger partial charge is 0.272 e. The van der Waals surface area contributed by atoms with E-state index in [0.717, 1.165) is 19.7 Å². The van der Waals surface area contributed by atoms with Crippen LogP contribution in [0.4, 0.5) is 11.4 Å². The highest BCUT2D eigenvalue weighted by atomic mass is 127. The van der Waals surface area contributed by atoms with Crippen LogP contribution in [0, 0.1) is 3.57 Å². The van der Waals surface area contributed by atoms with Crippen LogP contribution in [0.2, 0.25) is 5.02 Å². The molecule has 0 spiro atoms. The summed E-state index contributed by atoms with van der Waals surface area (Å²) in [5.41, 5.74) is 3.25. The molecule has 5 aromatic carbocycles. The zero-order chi connectivity index (χ0) is 31.6. The van der Waals surface area contributed by atoms with Gasteiger partial charge < -0.3 is 16.0 Å². The van der Waals surface area contributed by atoms with E-state index in [1.54, 1.807) is 66.7 Å². The lowest BCUT2D eigenvalue weighted by Crippen LogP contribution is -2.30. The summed E-state index contributed by atoms with van der Waals surface area (Å²) in [5, 5.41) is 8.61. The van der Waals surface area contributed by atoms with Gasteiger partial charge in [0.15, 0.2) is 0 Å². The Morgan fingerprint density at radius 2 is 1.33 bits per heavy atom. The number of anilines is 2. The Morgan fingerprint density at radius 1 is 0.711 bits per heavy atom. The molecular weight excluding hydrogens is 717 g/mol. The topological polar surface area (TPSA) is 87.3 Å². The Bertz CT molecular complexity index is 1820. The van der Waals surface area contributed by atoms with E-state index in [0.29, 0.717) is 21.8 Å². The van der Waals surface area contributed by atoms with Crippen molar-refractivity contribution in [2.75, 3.05) is 10.6 Å². The number of amides is 3. The van der Waals surface area contributed by atoms with Crippen LogP contribution in [0.25, 0.3) is 6.08 Å². The highest BCUT2D eigenvalue weighted by Crippen LogP contribution is 2.37. The number of benzene rings is 5.